The number of rotatable bonds is 6. The van der Waals surface area contributed by atoms with E-state index in [2.05, 4.69) is 10.6 Å². The number of nitro benzene ring substituents is 1. The van der Waals surface area contributed by atoms with E-state index in [1.165, 1.54) is 6.07 Å². The van der Waals surface area contributed by atoms with Crippen LogP contribution in [-0.4, -0.2) is 17.9 Å². The molecule has 0 saturated carbocycles. The molecule has 3 aromatic rings. The fourth-order valence-electron chi connectivity index (χ4n) is 2.48. The van der Waals surface area contributed by atoms with Crippen LogP contribution < -0.4 is 10.6 Å². The van der Waals surface area contributed by atoms with Crippen LogP contribution in [-0.2, 0) is 10.1 Å². The van der Waals surface area contributed by atoms with Crippen LogP contribution in [0.3, 0.4) is 0 Å². The summed E-state index contributed by atoms with van der Waals surface area (Å²) in [6.45, 7) is 0. The van der Waals surface area contributed by atoms with Gasteiger partial charge in [-0.05, 0) is 30.3 Å². The number of para-hydroxylation sites is 2. The van der Waals surface area contributed by atoms with Gasteiger partial charge in [0.25, 0.3) is 5.69 Å². The topological polar surface area (TPSA) is 124 Å². The average molecular weight is 384 g/mol. The second kappa shape index (κ2) is 7.44. The highest BCUT2D eigenvalue weighted by molar-refractivity contribution is 7.86. The van der Waals surface area contributed by atoms with E-state index in [-0.39, 0.29) is 11.4 Å². The normalized spacial score (nSPS) is 11.0. The molecular weight excluding hydrogens is 370 g/mol. The summed E-state index contributed by atoms with van der Waals surface area (Å²) in [7, 11) is -4.94. The number of benzene rings is 3. The van der Waals surface area contributed by atoms with E-state index < -0.39 is 25.6 Å². The van der Waals surface area contributed by atoms with Crippen molar-refractivity contribution in [2.24, 2.45) is 0 Å². The Morgan fingerprint density at radius 2 is 1.26 bits per heavy atom. The van der Waals surface area contributed by atoms with Crippen LogP contribution in [0.2, 0.25) is 0 Å². The Bertz CT molecular complexity index is 1070. The minimum absolute atomic E-state index is 0.0528. The van der Waals surface area contributed by atoms with Crippen molar-refractivity contribution in [2.45, 2.75) is 4.90 Å². The van der Waals surface area contributed by atoms with Crippen LogP contribution in [0, 0.1) is 10.1 Å². The predicted molar refractivity (Wildman–Crippen MR) is 101 cm³/mol. The fourth-order valence-corrected chi connectivity index (χ4v) is 3.11. The van der Waals surface area contributed by atoms with E-state index in [1.54, 1.807) is 60.7 Å². The molecule has 0 saturated heterocycles. The highest BCUT2D eigenvalue weighted by Crippen LogP contribution is 2.36. The molecule has 8 nitrogen and oxygen atoms in total. The minimum atomic E-state index is -4.94. The molecule has 0 atom stereocenters. The van der Waals surface area contributed by atoms with Crippen LogP contribution in [0.4, 0.5) is 28.4 Å². The highest BCUT2D eigenvalue weighted by Gasteiger charge is 2.21. The zero-order chi connectivity index (χ0) is 19.4. The van der Waals surface area contributed by atoms with Gasteiger partial charge in [0.1, 0.15) is 15.8 Å². The van der Waals surface area contributed by atoms with Gasteiger partial charge in [-0.25, -0.2) is 8.42 Å². The van der Waals surface area contributed by atoms with Crippen LogP contribution in [0.1, 0.15) is 0 Å². The minimum Gasteiger partial charge on any atom is -0.744 e. The summed E-state index contributed by atoms with van der Waals surface area (Å²) >= 11 is 0. The van der Waals surface area contributed by atoms with Crippen LogP contribution >= 0.6 is 0 Å². The molecule has 0 bridgehead atoms. The molecule has 3 aromatic carbocycles. The lowest BCUT2D eigenvalue weighted by atomic mass is 10.2. The van der Waals surface area contributed by atoms with Gasteiger partial charge in [-0.3, -0.25) is 10.1 Å². The third-order valence-corrected chi connectivity index (χ3v) is 4.55. The Morgan fingerprint density at radius 1 is 0.778 bits per heavy atom. The second-order valence-corrected chi connectivity index (χ2v) is 6.91. The smallest absolute Gasteiger partial charge is 0.294 e. The van der Waals surface area contributed by atoms with Crippen molar-refractivity contribution in [1.82, 2.24) is 0 Å². The zero-order valence-corrected chi connectivity index (χ0v) is 14.6. The first-order valence-electron chi connectivity index (χ1n) is 7.77. The molecule has 0 heterocycles. The molecule has 9 heteroatoms. The van der Waals surface area contributed by atoms with Gasteiger partial charge >= 0.3 is 0 Å². The molecule has 3 rings (SSSR count). The Balaban J connectivity index is 2.14. The summed E-state index contributed by atoms with van der Waals surface area (Å²) in [5.74, 6) is 0. The van der Waals surface area contributed by atoms with Crippen molar-refractivity contribution < 1.29 is 17.9 Å². The van der Waals surface area contributed by atoms with Crippen LogP contribution in [0.5, 0.6) is 0 Å². The monoisotopic (exact) mass is 384 g/mol. The third-order valence-electron chi connectivity index (χ3n) is 3.67. The van der Waals surface area contributed by atoms with Crippen molar-refractivity contribution in [1.29, 1.82) is 0 Å². The van der Waals surface area contributed by atoms with E-state index >= 15 is 0 Å². The third kappa shape index (κ3) is 4.40. The van der Waals surface area contributed by atoms with Gasteiger partial charge in [0.05, 0.1) is 15.5 Å². The van der Waals surface area contributed by atoms with Gasteiger partial charge in [-0.15, -0.1) is 0 Å². The maximum Gasteiger partial charge on any atom is 0.294 e. The van der Waals surface area contributed by atoms with Crippen molar-refractivity contribution in [2.75, 3.05) is 10.6 Å². The molecule has 0 aliphatic heterocycles. The molecule has 0 fully saturated rings. The first kappa shape index (κ1) is 18.4. The quantitative estimate of drug-likeness (QED) is 0.374. The number of hydrogen-bond acceptors (Lipinski definition) is 7. The van der Waals surface area contributed by atoms with E-state index in [0.717, 1.165) is 6.07 Å². The summed E-state index contributed by atoms with van der Waals surface area (Å²) < 4.78 is 34.9. The van der Waals surface area contributed by atoms with E-state index in [1.807, 2.05) is 0 Å². The summed E-state index contributed by atoms with van der Waals surface area (Å²) in [6.07, 6.45) is 0. The first-order valence-corrected chi connectivity index (χ1v) is 9.18. The van der Waals surface area contributed by atoms with Crippen molar-refractivity contribution in [3.05, 3.63) is 82.9 Å². The standard InChI is InChI=1S/C18H15N3O5S/c22-21(23)17-12-18(27(24,25)26)16(20-14-9-5-2-6-10-14)11-15(17)19-13-7-3-1-4-8-13/h1-12,19-20H,(H,24,25,26)/p-1. The van der Waals surface area contributed by atoms with Gasteiger partial charge in [0.2, 0.25) is 0 Å². The number of anilines is 4. The molecule has 27 heavy (non-hydrogen) atoms. The molecule has 2 N–H and O–H groups in total. The van der Waals surface area contributed by atoms with Gasteiger partial charge < -0.3 is 15.2 Å². The highest BCUT2D eigenvalue weighted by atomic mass is 32.2. The van der Waals surface area contributed by atoms with E-state index in [4.69, 9.17) is 0 Å². The summed E-state index contributed by atoms with van der Waals surface area (Å²) in [4.78, 5) is 9.97. The maximum absolute atomic E-state index is 11.6. The molecular formula is C18H14N3O5S-. The number of nitrogens with zero attached hydrogens (tertiary/aromatic N) is 1. The fraction of sp³-hybridized carbons (Fsp3) is 0. The average Bonchev–Trinajstić information content (AvgIpc) is 2.62. The van der Waals surface area contributed by atoms with Crippen LogP contribution in [0.15, 0.2) is 77.7 Å². The molecule has 0 spiro atoms. The summed E-state index contributed by atoms with van der Waals surface area (Å²) in [6, 6.07) is 19.2. The lowest BCUT2D eigenvalue weighted by Crippen LogP contribution is -2.07. The first-order chi connectivity index (χ1) is 12.8. The molecule has 0 radical (unpaired) electrons. The van der Waals surface area contributed by atoms with E-state index in [0.29, 0.717) is 11.4 Å². The van der Waals surface area contributed by atoms with Gasteiger partial charge in [0.15, 0.2) is 0 Å². The van der Waals surface area contributed by atoms with Crippen LogP contribution in [0.25, 0.3) is 0 Å². The summed E-state index contributed by atoms with van der Waals surface area (Å²) in [5.41, 5.74) is 0.579. The molecule has 0 unspecified atom stereocenters. The van der Waals surface area contributed by atoms with Crippen molar-refractivity contribution in [3.8, 4) is 0 Å². The largest absolute Gasteiger partial charge is 0.744 e. The number of hydrogen-bond donors (Lipinski definition) is 2. The lowest BCUT2D eigenvalue weighted by molar-refractivity contribution is -0.384. The summed E-state index contributed by atoms with van der Waals surface area (Å²) in [5, 5.41) is 17.1. The number of nitrogens with one attached hydrogen (secondary N) is 2. The molecule has 0 aromatic heterocycles. The predicted octanol–water partition coefficient (Wildman–Crippen LogP) is 3.99. The SMILES string of the molecule is O=[N+]([O-])c1cc(S(=O)(=O)[O-])c(Nc2ccccc2)cc1Nc1ccccc1. The van der Waals surface area contributed by atoms with Gasteiger partial charge in [-0.1, -0.05) is 36.4 Å². The molecule has 0 aliphatic rings. The Kier molecular flexibility index (Phi) is 5.06. The second-order valence-electron chi connectivity index (χ2n) is 5.56. The van der Waals surface area contributed by atoms with Gasteiger partial charge in [-0.2, -0.15) is 0 Å². The van der Waals surface area contributed by atoms with Crippen molar-refractivity contribution >= 4 is 38.6 Å². The van der Waals surface area contributed by atoms with Gasteiger partial charge in [0, 0.05) is 17.4 Å². The zero-order valence-electron chi connectivity index (χ0n) is 13.8. The van der Waals surface area contributed by atoms with Crippen molar-refractivity contribution in [3.63, 3.8) is 0 Å². The Labute approximate surface area is 155 Å². The molecule has 138 valence electrons. The lowest BCUT2D eigenvalue weighted by Gasteiger charge is -2.17. The maximum atomic E-state index is 11.6. The Morgan fingerprint density at radius 3 is 1.70 bits per heavy atom. The van der Waals surface area contributed by atoms with E-state index in [9.17, 15) is 23.1 Å². The number of nitro groups is 1. The molecule has 0 aliphatic carbocycles. The Hall–Kier alpha value is -3.43. The molecule has 0 amide bonds.